The maximum absolute atomic E-state index is 12.6. The van der Waals surface area contributed by atoms with Crippen molar-refractivity contribution in [1.82, 2.24) is 4.90 Å². The van der Waals surface area contributed by atoms with Gasteiger partial charge < -0.3 is 5.11 Å². The van der Waals surface area contributed by atoms with E-state index in [2.05, 4.69) is 0 Å². The Balaban J connectivity index is 2.15. The van der Waals surface area contributed by atoms with E-state index >= 15 is 0 Å². The number of rotatable bonds is 2. The minimum absolute atomic E-state index is 0.142. The van der Waals surface area contributed by atoms with Gasteiger partial charge in [0, 0.05) is 0 Å². The highest BCUT2D eigenvalue weighted by Crippen LogP contribution is 2.42. The standard InChI is InChI=1S/C15H17NO3/c1-9-4-5-10(2)12-11(9)13(18)16(14(12)19)15(8-17)6-3-7-15/h4-5,17H,3,6-8H2,1-2H3. The van der Waals surface area contributed by atoms with Crippen LogP contribution in [0.5, 0.6) is 0 Å². The molecule has 0 saturated heterocycles. The minimum Gasteiger partial charge on any atom is -0.394 e. The Morgan fingerprint density at radius 3 is 1.89 bits per heavy atom. The predicted molar refractivity (Wildman–Crippen MR) is 70.1 cm³/mol. The van der Waals surface area contributed by atoms with Crippen LogP contribution < -0.4 is 0 Å². The van der Waals surface area contributed by atoms with E-state index in [0.717, 1.165) is 17.5 Å². The molecule has 1 aromatic rings. The number of nitrogens with zero attached hydrogens (tertiary/aromatic N) is 1. The van der Waals surface area contributed by atoms with Crippen molar-refractivity contribution >= 4 is 11.8 Å². The zero-order chi connectivity index (χ0) is 13.8. The van der Waals surface area contributed by atoms with Gasteiger partial charge in [-0.1, -0.05) is 12.1 Å². The maximum Gasteiger partial charge on any atom is 0.262 e. The lowest BCUT2D eigenvalue weighted by molar-refractivity contribution is -0.00646. The van der Waals surface area contributed by atoms with E-state index in [4.69, 9.17) is 0 Å². The van der Waals surface area contributed by atoms with Crippen LogP contribution in [-0.2, 0) is 0 Å². The molecule has 2 amide bonds. The number of aryl methyl sites for hydroxylation is 2. The zero-order valence-electron chi connectivity index (χ0n) is 11.2. The lowest BCUT2D eigenvalue weighted by Gasteiger charge is -2.46. The van der Waals surface area contributed by atoms with Gasteiger partial charge in [0.25, 0.3) is 11.8 Å². The van der Waals surface area contributed by atoms with Crippen LogP contribution >= 0.6 is 0 Å². The van der Waals surface area contributed by atoms with Crippen molar-refractivity contribution in [3.8, 4) is 0 Å². The summed E-state index contributed by atoms with van der Waals surface area (Å²) in [4.78, 5) is 26.5. The van der Waals surface area contributed by atoms with E-state index < -0.39 is 5.54 Å². The molecule has 3 rings (SSSR count). The molecule has 1 fully saturated rings. The van der Waals surface area contributed by atoms with E-state index in [0.29, 0.717) is 24.0 Å². The summed E-state index contributed by atoms with van der Waals surface area (Å²) in [5, 5.41) is 9.60. The summed E-state index contributed by atoms with van der Waals surface area (Å²) in [7, 11) is 0. The van der Waals surface area contributed by atoms with Crippen molar-refractivity contribution in [2.45, 2.75) is 38.6 Å². The van der Waals surface area contributed by atoms with E-state index in [1.807, 2.05) is 26.0 Å². The summed E-state index contributed by atoms with van der Waals surface area (Å²) in [6, 6.07) is 3.74. The van der Waals surface area contributed by atoms with Gasteiger partial charge in [-0.25, -0.2) is 0 Å². The van der Waals surface area contributed by atoms with Gasteiger partial charge in [0.2, 0.25) is 0 Å². The van der Waals surface area contributed by atoms with Crippen molar-refractivity contribution in [1.29, 1.82) is 0 Å². The molecule has 4 nitrogen and oxygen atoms in total. The van der Waals surface area contributed by atoms with Crippen molar-refractivity contribution in [2.24, 2.45) is 0 Å². The number of carbonyl (C=O) groups excluding carboxylic acids is 2. The average molecular weight is 259 g/mol. The molecule has 4 heteroatoms. The molecule has 0 radical (unpaired) electrons. The summed E-state index contributed by atoms with van der Waals surface area (Å²) in [5.41, 5.74) is 2.03. The SMILES string of the molecule is Cc1ccc(C)c2c1C(=O)N(C1(CO)CCC1)C2=O. The van der Waals surface area contributed by atoms with Crippen molar-refractivity contribution < 1.29 is 14.7 Å². The van der Waals surface area contributed by atoms with Crippen LogP contribution in [0.2, 0.25) is 0 Å². The molecule has 1 aliphatic carbocycles. The summed E-state index contributed by atoms with van der Waals surface area (Å²) < 4.78 is 0. The van der Waals surface area contributed by atoms with Gasteiger partial charge in [-0.05, 0) is 44.2 Å². The Labute approximate surface area is 112 Å². The van der Waals surface area contributed by atoms with Crippen LogP contribution in [0.3, 0.4) is 0 Å². The summed E-state index contributed by atoms with van der Waals surface area (Å²) in [5.74, 6) is -0.482. The highest BCUT2D eigenvalue weighted by atomic mass is 16.3. The first-order valence-corrected chi connectivity index (χ1v) is 6.62. The number of hydrogen-bond donors (Lipinski definition) is 1. The van der Waals surface area contributed by atoms with Crippen LogP contribution in [0.15, 0.2) is 12.1 Å². The fraction of sp³-hybridized carbons (Fsp3) is 0.467. The molecule has 0 aromatic heterocycles. The Hall–Kier alpha value is -1.68. The fourth-order valence-electron chi connectivity index (χ4n) is 3.15. The van der Waals surface area contributed by atoms with Crippen LogP contribution in [0.4, 0.5) is 0 Å². The second-order valence-electron chi connectivity index (χ2n) is 5.63. The number of benzene rings is 1. The molecule has 1 saturated carbocycles. The molecule has 0 bridgehead atoms. The third-order valence-electron chi connectivity index (χ3n) is 4.51. The highest BCUT2D eigenvalue weighted by Gasteiger charge is 2.52. The second-order valence-corrected chi connectivity index (χ2v) is 5.63. The third kappa shape index (κ3) is 1.43. The Bertz CT molecular complexity index is 541. The van der Waals surface area contributed by atoms with Gasteiger partial charge in [-0.15, -0.1) is 0 Å². The number of amides is 2. The smallest absolute Gasteiger partial charge is 0.262 e. The number of aliphatic hydroxyl groups excluding tert-OH is 1. The van der Waals surface area contributed by atoms with E-state index in [1.54, 1.807) is 0 Å². The summed E-state index contributed by atoms with van der Waals surface area (Å²) in [6.07, 6.45) is 2.35. The Morgan fingerprint density at radius 2 is 1.58 bits per heavy atom. The maximum atomic E-state index is 12.6. The van der Waals surface area contributed by atoms with Gasteiger partial charge >= 0.3 is 0 Å². The first-order chi connectivity index (χ1) is 9.02. The lowest BCUT2D eigenvalue weighted by atomic mass is 9.76. The predicted octanol–water partition coefficient (Wildman–Crippen LogP) is 1.81. The van der Waals surface area contributed by atoms with Gasteiger partial charge in [0.15, 0.2) is 0 Å². The minimum atomic E-state index is -0.661. The van der Waals surface area contributed by atoms with Crippen molar-refractivity contribution in [2.75, 3.05) is 6.61 Å². The summed E-state index contributed by atoms with van der Waals surface area (Å²) in [6.45, 7) is 3.55. The third-order valence-corrected chi connectivity index (χ3v) is 4.51. The monoisotopic (exact) mass is 259 g/mol. The average Bonchev–Trinajstić information content (AvgIpc) is 2.59. The molecule has 1 aromatic carbocycles. The zero-order valence-corrected chi connectivity index (χ0v) is 11.2. The Morgan fingerprint density at radius 1 is 1.11 bits per heavy atom. The number of imide groups is 1. The second kappa shape index (κ2) is 3.90. The number of aliphatic hydroxyl groups is 1. The normalized spacial score (nSPS) is 20.5. The molecule has 1 N–H and O–H groups in total. The van der Waals surface area contributed by atoms with Crippen LogP contribution in [0, 0.1) is 13.8 Å². The molecule has 19 heavy (non-hydrogen) atoms. The number of carbonyl (C=O) groups is 2. The number of fused-ring (bicyclic) bond motifs is 1. The lowest BCUT2D eigenvalue weighted by Crippen LogP contribution is -2.58. The van der Waals surface area contributed by atoms with Gasteiger partial charge in [0.05, 0.1) is 23.3 Å². The van der Waals surface area contributed by atoms with E-state index in [-0.39, 0.29) is 18.4 Å². The van der Waals surface area contributed by atoms with Crippen LogP contribution in [0.25, 0.3) is 0 Å². The fourth-order valence-corrected chi connectivity index (χ4v) is 3.15. The van der Waals surface area contributed by atoms with Crippen LogP contribution in [-0.4, -0.2) is 34.0 Å². The molecular formula is C15H17NO3. The summed E-state index contributed by atoms with van der Waals surface area (Å²) >= 11 is 0. The molecule has 0 atom stereocenters. The molecular weight excluding hydrogens is 242 g/mol. The van der Waals surface area contributed by atoms with Gasteiger partial charge in [-0.3, -0.25) is 14.5 Å². The van der Waals surface area contributed by atoms with Gasteiger partial charge in [0.1, 0.15) is 0 Å². The molecule has 100 valence electrons. The largest absolute Gasteiger partial charge is 0.394 e. The van der Waals surface area contributed by atoms with E-state index in [1.165, 1.54) is 4.90 Å². The van der Waals surface area contributed by atoms with Crippen molar-refractivity contribution in [3.05, 3.63) is 34.4 Å². The first kappa shape index (κ1) is 12.4. The van der Waals surface area contributed by atoms with E-state index in [9.17, 15) is 14.7 Å². The highest BCUT2D eigenvalue weighted by molar-refractivity contribution is 6.23. The van der Waals surface area contributed by atoms with Gasteiger partial charge in [-0.2, -0.15) is 0 Å². The topological polar surface area (TPSA) is 57.6 Å². The van der Waals surface area contributed by atoms with Crippen LogP contribution in [0.1, 0.15) is 51.1 Å². The quantitative estimate of drug-likeness (QED) is 0.824. The Kier molecular flexibility index (Phi) is 2.54. The first-order valence-electron chi connectivity index (χ1n) is 6.62. The molecule has 0 unspecified atom stereocenters. The number of hydrogen-bond acceptors (Lipinski definition) is 3. The van der Waals surface area contributed by atoms with Crippen molar-refractivity contribution in [3.63, 3.8) is 0 Å². The molecule has 2 aliphatic rings. The molecule has 1 aliphatic heterocycles. The molecule has 1 heterocycles. The molecule has 0 spiro atoms.